The molecule has 0 saturated carbocycles. The van der Waals surface area contributed by atoms with Gasteiger partial charge in [0.05, 0.1) is 23.4 Å². The average Bonchev–Trinajstić information content (AvgIpc) is 3.11. The molecule has 0 atom stereocenters. The Labute approximate surface area is 160 Å². The molecule has 0 aliphatic rings. The highest BCUT2D eigenvalue weighted by Crippen LogP contribution is 2.24. The number of carbonyl (C=O) groups is 2. The molecule has 27 heavy (non-hydrogen) atoms. The number of anilines is 1. The third-order valence-corrected chi connectivity index (χ3v) is 4.58. The smallest absolute Gasteiger partial charge is 0.337 e. The standard InChI is InChI=1S/C18H18ClN5O3/c1-10-13(11(2)24-18(22-10)20-9-21-24)5-7-16(25)23-15-8-12(17(26)27-3)4-6-14(15)19/h4,6,8-9H,5,7H2,1-3H3,(H,23,25). The topological polar surface area (TPSA) is 98.5 Å². The first-order valence-electron chi connectivity index (χ1n) is 8.24. The van der Waals surface area contributed by atoms with E-state index >= 15 is 0 Å². The number of hydrogen-bond donors (Lipinski definition) is 1. The van der Waals surface area contributed by atoms with Crippen molar-refractivity contribution in [3.63, 3.8) is 0 Å². The van der Waals surface area contributed by atoms with Crippen molar-refractivity contribution in [2.45, 2.75) is 26.7 Å². The lowest BCUT2D eigenvalue weighted by Gasteiger charge is -2.11. The Morgan fingerprint density at radius 3 is 2.81 bits per heavy atom. The van der Waals surface area contributed by atoms with Gasteiger partial charge in [0.15, 0.2) is 0 Å². The molecule has 2 heterocycles. The molecule has 2 aromatic heterocycles. The number of rotatable bonds is 5. The fourth-order valence-corrected chi connectivity index (χ4v) is 3.00. The lowest BCUT2D eigenvalue weighted by atomic mass is 10.1. The first-order chi connectivity index (χ1) is 12.9. The SMILES string of the molecule is COC(=O)c1ccc(Cl)c(NC(=O)CCc2c(C)nc3ncnn3c2C)c1. The maximum Gasteiger partial charge on any atom is 0.337 e. The number of esters is 1. The molecular formula is C18H18ClN5O3. The van der Waals surface area contributed by atoms with E-state index in [1.54, 1.807) is 10.6 Å². The van der Waals surface area contributed by atoms with Crippen LogP contribution < -0.4 is 5.32 Å². The lowest BCUT2D eigenvalue weighted by molar-refractivity contribution is -0.116. The number of benzene rings is 1. The van der Waals surface area contributed by atoms with Gasteiger partial charge in [-0.2, -0.15) is 10.1 Å². The number of amides is 1. The molecule has 1 aromatic carbocycles. The van der Waals surface area contributed by atoms with Gasteiger partial charge in [0.25, 0.3) is 5.78 Å². The van der Waals surface area contributed by atoms with Crippen molar-refractivity contribution in [1.29, 1.82) is 0 Å². The maximum atomic E-state index is 12.4. The number of nitrogens with zero attached hydrogens (tertiary/aromatic N) is 4. The van der Waals surface area contributed by atoms with Crippen molar-refractivity contribution in [2.24, 2.45) is 0 Å². The molecular weight excluding hydrogens is 370 g/mol. The number of aromatic nitrogens is 4. The predicted octanol–water partition coefficient (Wildman–Crippen LogP) is 2.75. The van der Waals surface area contributed by atoms with Gasteiger partial charge >= 0.3 is 5.97 Å². The molecule has 0 aliphatic carbocycles. The van der Waals surface area contributed by atoms with Crippen LogP contribution in [-0.4, -0.2) is 38.6 Å². The van der Waals surface area contributed by atoms with Crippen molar-refractivity contribution in [1.82, 2.24) is 19.6 Å². The average molecular weight is 388 g/mol. The number of fused-ring (bicyclic) bond motifs is 1. The van der Waals surface area contributed by atoms with Crippen molar-refractivity contribution in [3.8, 4) is 0 Å². The van der Waals surface area contributed by atoms with Gasteiger partial charge in [-0.15, -0.1) is 0 Å². The highest BCUT2D eigenvalue weighted by atomic mass is 35.5. The zero-order valence-electron chi connectivity index (χ0n) is 15.1. The second-order valence-corrected chi connectivity index (χ2v) is 6.37. The summed E-state index contributed by atoms with van der Waals surface area (Å²) in [5, 5.41) is 7.22. The second-order valence-electron chi connectivity index (χ2n) is 5.97. The molecule has 8 nitrogen and oxygen atoms in total. The van der Waals surface area contributed by atoms with Gasteiger partial charge < -0.3 is 10.1 Å². The summed E-state index contributed by atoms with van der Waals surface area (Å²) in [6.07, 6.45) is 2.16. The third-order valence-electron chi connectivity index (χ3n) is 4.25. The molecule has 9 heteroatoms. The molecule has 3 aromatic rings. The Hall–Kier alpha value is -3.00. The third kappa shape index (κ3) is 3.90. The van der Waals surface area contributed by atoms with Crippen LogP contribution in [0.5, 0.6) is 0 Å². The molecule has 0 radical (unpaired) electrons. The molecule has 140 valence electrons. The van der Waals surface area contributed by atoms with Crippen molar-refractivity contribution in [2.75, 3.05) is 12.4 Å². The summed E-state index contributed by atoms with van der Waals surface area (Å²) >= 11 is 6.11. The van der Waals surface area contributed by atoms with Crippen LogP contribution in [0.4, 0.5) is 5.69 Å². The van der Waals surface area contributed by atoms with Gasteiger partial charge in [0.2, 0.25) is 5.91 Å². The highest BCUT2D eigenvalue weighted by molar-refractivity contribution is 6.33. The number of halogens is 1. The van der Waals surface area contributed by atoms with Gasteiger partial charge in [0.1, 0.15) is 6.33 Å². The largest absolute Gasteiger partial charge is 0.465 e. The van der Waals surface area contributed by atoms with Crippen molar-refractivity contribution in [3.05, 3.63) is 52.1 Å². The second kappa shape index (κ2) is 7.71. The summed E-state index contributed by atoms with van der Waals surface area (Å²) in [4.78, 5) is 32.5. The number of methoxy groups -OCH3 is 1. The van der Waals surface area contributed by atoms with Crippen LogP contribution in [-0.2, 0) is 16.0 Å². The number of nitrogens with one attached hydrogen (secondary N) is 1. The van der Waals surface area contributed by atoms with Crippen molar-refractivity contribution < 1.29 is 14.3 Å². The normalized spacial score (nSPS) is 10.8. The van der Waals surface area contributed by atoms with Crippen LogP contribution in [0.15, 0.2) is 24.5 Å². The monoisotopic (exact) mass is 387 g/mol. The number of hydrogen-bond acceptors (Lipinski definition) is 6. The molecule has 1 N–H and O–H groups in total. The maximum absolute atomic E-state index is 12.4. The van der Waals surface area contributed by atoms with Crippen LogP contribution in [0, 0.1) is 13.8 Å². The van der Waals surface area contributed by atoms with E-state index < -0.39 is 5.97 Å². The van der Waals surface area contributed by atoms with E-state index in [4.69, 9.17) is 11.6 Å². The number of aryl methyl sites for hydroxylation is 2. The van der Waals surface area contributed by atoms with E-state index in [0.717, 1.165) is 17.0 Å². The van der Waals surface area contributed by atoms with Gasteiger partial charge in [-0.05, 0) is 44.0 Å². The zero-order chi connectivity index (χ0) is 19.6. The summed E-state index contributed by atoms with van der Waals surface area (Å²) in [6.45, 7) is 3.80. The molecule has 0 fully saturated rings. The van der Waals surface area contributed by atoms with Crippen LogP contribution in [0.25, 0.3) is 5.78 Å². The summed E-state index contributed by atoms with van der Waals surface area (Å²) in [5.74, 6) is -0.193. The quantitative estimate of drug-likeness (QED) is 0.676. The molecule has 1 amide bonds. The molecule has 0 saturated heterocycles. The molecule has 0 unspecified atom stereocenters. The van der Waals surface area contributed by atoms with Crippen molar-refractivity contribution >= 4 is 34.9 Å². The minimum Gasteiger partial charge on any atom is -0.465 e. The Kier molecular flexibility index (Phi) is 5.36. The van der Waals surface area contributed by atoms with E-state index in [2.05, 4.69) is 25.1 Å². The molecule has 0 spiro atoms. The van der Waals surface area contributed by atoms with Crippen LogP contribution in [0.1, 0.15) is 33.7 Å². The van der Waals surface area contributed by atoms with Gasteiger partial charge in [0, 0.05) is 17.8 Å². The predicted molar refractivity (Wildman–Crippen MR) is 100.0 cm³/mol. The van der Waals surface area contributed by atoms with Gasteiger partial charge in [-0.25, -0.2) is 14.3 Å². The molecule has 3 rings (SSSR count). The van der Waals surface area contributed by atoms with Crippen LogP contribution in [0.2, 0.25) is 5.02 Å². The summed E-state index contributed by atoms with van der Waals surface area (Å²) < 4.78 is 6.33. The summed E-state index contributed by atoms with van der Waals surface area (Å²) in [6, 6.07) is 4.57. The van der Waals surface area contributed by atoms with E-state index in [0.29, 0.717) is 28.5 Å². The van der Waals surface area contributed by atoms with Crippen LogP contribution in [0.3, 0.4) is 0 Å². The van der Waals surface area contributed by atoms with Crippen LogP contribution >= 0.6 is 11.6 Å². The van der Waals surface area contributed by atoms with E-state index in [-0.39, 0.29) is 12.3 Å². The number of carbonyl (C=O) groups excluding carboxylic acids is 2. The molecule has 0 bridgehead atoms. The molecule has 0 aliphatic heterocycles. The highest BCUT2D eigenvalue weighted by Gasteiger charge is 2.14. The van der Waals surface area contributed by atoms with E-state index in [9.17, 15) is 9.59 Å². The fourth-order valence-electron chi connectivity index (χ4n) is 2.83. The Morgan fingerprint density at radius 2 is 2.07 bits per heavy atom. The minimum absolute atomic E-state index is 0.225. The summed E-state index contributed by atoms with van der Waals surface area (Å²) in [5.41, 5.74) is 3.32. The number of ether oxygens (including phenoxy) is 1. The summed E-state index contributed by atoms with van der Waals surface area (Å²) in [7, 11) is 1.29. The first-order valence-corrected chi connectivity index (χ1v) is 8.62. The van der Waals surface area contributed by atoms with E-state index in [1.807, 2.05) is 13.8 Å². The van der Waals surface area contributed by atoms with E-state index in [1.165, 1.54) is 25.6 Å². The Bertz CT molecular complexity index is 1030. The Balaban J connectivity index is 1.73. The first kappa shape index (κ1) is 18.8. The zero-order valence-corrected chi connectivity index (χ0v) is 15.9. The van der Waals surface area contributed by atoms with Gasteiger partial charge in [-0.1, -0.05) is 11.6 Å². The fraction of sp³-hybridized carbons (Fsp3) is 0.278. The van der Waals surface area contributed by atoms with Gasteiger partial charge in [-0.3, -0.25) is 4.79 Å². The lowest BCUT2D eigenvalue weighted by Crippen LogP contribution is -2.15. The Morgan fingerprint density at radius 1 is 1.30 bits per heavy atom. The minimum atomic E-state index is -0.499.